The van der Waals surface area contributed by atoms with Gasteiger partial charge < -0.3 is 15.8 Å². The third kappa shape index (κ3) is 4.11. The van der Waals surface area contributed by atoms with Gasteiger partial charge in [-0.3, -0.25) is 9.59 Å². The number of aldehydes is 1. The fourth-order valence-electron chi connectivity index (χ4n) is 4.36. The molecule has 2 atom stereocenters. The second-order valence-corrected chi connectivity index (χ2v) is 8.89. The summed E-state index contributed by atoms with van der Waals surface area (Å²) in [6, 6.07) is 21.4. The normalized spacial score (nSPS) is 19.7. The maximum atomic E-state index is 12.6. The number of anilines is 1. The molecule has 0 bridgehead atoms. The SMILES string of the molecule is CC(C)Oc1ccc(-c2cccc(C3Nc4ccc(C=O)cc4CC3(C)C(N)=O)c2)cc1. The molecule has 1 amide bonds. The predicted molar refractivity (Wildman–Crippen MR) is 127 cm³/mol. The molecule has 0 fully saturated rings. The maximum absolute atomic E-state index is 12.6. The molecule has 5 heteroatoms. The van der Waals surface area contributed by atoms with Crippen LogP contribution in [0.5, 0.6) is 5.75 Å². The highest BCUT2D eigenvalue weighted by molar-refractivity contribution is 5.85. The van der Waals surface area contributed by atoms with Crippen molar-refractivity contribution in [1.82, 2.24) is 0 Å². The van der Waals surface area contributed by atoms with E-state index in [0.29, 0.717) is 12.0 Å². The van der Waals surface area contributed by atoms with Crippen LogP contribution in [0, 0.1) is 5.41 Å². The summed E-state index contributed by atoms with van der Waals surface area (Å²) in [5, 5.41) is 3.51. The lowest BCUT2D eigenvalue weighted by Gasteiger charge is -2.41. The molecule has 3 aromatic rings. The first kappa shape index (κ1) is 21.6. The summed E-state index contributed by atoms with van der Waals surface area (Å²) in [5.74, 6) is 0.458. The Morgan fingerprint density at radius 1 is 1.09 bits per heavy atom. The smallest absolute Gasteiger partial charge is 0.226 e. The molecule has 0 saturated carbocycles. The average molecular weight is 429 g/mol. The zero-order chi connectivity index (χ0) is 22.9. The van der Waals surface area contributed by atoms with Crippen molar-refractivity contribution in [3.63, 3.8) is 0 Å². The molecule has 0 aromatic heterocycles. The topological polar surface area (TPSA) is 81.4 Å². The van der Waals surface area contributed by atoms with Gasteiger partial charge in [-0.25, -0.2) is 0 Å². The van der Waals surface area contributed by atoms with Gasteiger partial charge in [0.1, 0.15) is 12.0 Å². The average Bonchev–Trinajstić information content (AvgIpc) is 2.78. The Kier molecular flexibility index (Phi) is 5.74. The second kappa shape index (κ2) is 8.50. The molecule has 0 saturated heterocycles. The van der Waals surface area contributed by atoms with Crippen LogP contribution in [0.4, 0.5) is 5.69 Å². The minimum Gasteiger partial charge on any atom is -0.491 e. The van der Waals surface area contributed by atoms with E-state index in [-0.39, 0.29) is 18.1 Å². The van der Waals surface area contributed by atoms with E-state index in [4.69, 9.17) is 10.5 Å². The Morgan fingerprint density at radius 2 is 1.84 bits per heavy atom. The van der Waals surface area contributed by atoms with Crippen LogP contribution in [0.2, 0.25) is 0 Å². The van der Waals surface area contributed by atoms with Crippen LogP contribution >= 0.6 is 0 Å². The molecule has 2 unspecified atom stereocenters. The Labute approximate surface area is 188 Å². The number of primary amides is 1. The summed E-state index contributed by atoms with van der Waals surface area (Å²) in [4.78, 5) is 23.8. The lowest BCUT2D eigenvalue weighted by atomic mass is 9.70. The van der Waals surface area contributed by atoms with Gasteiger partial charge in [-0.05, 0) is 85.8 Å². The summed E-state index contributed by atoms with van der Waals surface area (Å²) >= 11 is 0. The fourth-order valence-corrected chi connectivity index (χ4v) is 4.36. The molecule has 3 aromatic carbocycles. The minimum atomic E-state index is -0.845. The Balaban J connectivity index is 1.70. The molecule has 1 aliphatic heterocycles. The van der Waals surface area contributed by atoms with E-state index in [9.17, 15) is 9.59 Å². The molecule has 1 heterocycles. The Bertz CT molecular complexity index is 1150. The first-order valence-corrected chi connectivity index (χ1v) is 10.8. The standard InChI is InChI=1S/C27H28N2O3/c1-17(2)32-23-10-8-19(9-11-23)20-5-4-6-21(14-20)25-27(3,26(28)31)15-22-13-18(16-30)7-12-24(22)29-25/h4-14,16-17,25,29H,15H2,1-3H3,(H2,28,31). The molecule has 5 nitrogen and oxygen atoms in total. The summed E-state index contributed by atoms with van der Waals surface area (Å²) in [6.45, 7) is 5.89. The van der Waals surface area contributed by atoms with Crippen LogP contribution in [0.15, 0.2) is 66.7 Å². The number of rotatable bonds is 6. The van der Waals surface area contributed by atoms with Gasteiger partial charge >= 0.3 is 0 Å². The number of amides is 1. The number of hydrogen-bond donors (Lipinski definition) is 2. The fraction of sp³-hybridized carbons (Fsp3) is 0.259. The van der Waals surface area contributed by atoms with Gasteiger partial charge in [-0.1, -0.05) is 30.3 Å². The third-order valence-electron chi connectivity index (χ3n) is 6.10. The van der Waals surface area contributed by atoms with Gasteiger partial charge in [0, 0.05) is 11.3 Å². The van der Waals surface area contributed by atoms with Crippen molar-refractivity contribution < 1.29 is 14.3 Å². The zero-order valence-electron chi connectivity index (χ0n) is 18.6. The molecule has 0 radical (unpaired) electrons. The monoisotopic (exact) mass is 428 g/mol. The van der Waals surface area contributed by atoms with Crippen molar-refractivity contribution >= 4 is 17.9 Å². The van der Waals surface area contributed by atoms with Crippen molar-refractivity contribution in [2.24, 2.45) is 11.1 Å². The molecule has 0 aliphatic carbocycles. The highest BCUT2D eigenvalue weighted by Crippen LogP contribution is 2.45. The van der Waals surface area contributed by atoms with Gasteiger partial charge in [0.05, 0.1) is 17.6 Å². The number of hydrogen-bond acceptors (Lipinski definition) is 4. The van der Waals surface area contributed by atoms with Gasteiger partial charge in [-0.2, -0.15) is 0 Å². The van der Waals surface area contributed by atoms with Crippen molar-refractivity contribution in [2.45, 2.75) is 39.3 Å². The van der Waals surface area contributed by atoms with Gasteiger partial charge in [0.2, 0.25) is 5.91 Å². The number of fused-ring (bicyclic) bond motifs is 1. The van der Waals surface area contributed by atoms with Gasteiger partial charge in [0.25, 0.3) is 0 Å². The van der Waals surface area contributed by atoms with Crippen molar-refractivity contribution in [3.8, 4) is 16.9 Å². The number of carbonyl (C=O) groups is 2. The van der Waals surface area contributed by atoms with Crippen molar-refractivity contribution in [2.75, 3.05) is 5.32 Å². The van der Waals surface area contributed by atoms with E-state index < -0.39 is 5.41 Å². The quantitative estimate of drug-likeness (QED) is 0.532. The van der Waals surface area contributed by atoms with E-state index in [1.54, 1.807) is 6.07 Å². The predicted octanol–water partition coefficient (Wildman–Crippen LogP) is 5.15. The first-order chi connectivity index (χ1) is 15.3. The first-order valence-electron chi connectivity index (χ1n) is 10.8. The van der Waals surface area contributed by atoms with E-state index in [0.717, 1.165) is 40.0 Å². The molecule has 3 N–H and O–H groups in total. The maximum Gasteiger partial charge on any atom is 0.226 e. The third-order valence-corrected chi connectivity index (χ3v) is 6.10. The van der Waals surface area contributed by atoms with Crippen LogP contribution in [0.3, 0.4) is 0 Å². The number of nitrogens with one attached hydrogen (secondary N) is 1. The largest absolute Gasteiger partial charge is 0.491 e. The van der Waals surface area contributed by atoms with Crippen LogP contribution in [0.25, 0.3) is 11.1 Å². The minimum absolute atomic E-state index is 0.124. The number of carbonyl (C=O) groups excluding carboxylic acids is 2. The molecule has 0 spiro atoms. The highest BCUT2D eigenvalue weighted by Gasteiger charge is 2.44. The molecule has 4 rings (SSSR count). The molecule has 1 aliphatic rings. The molecule has 164 valence electrons. The zero-order valence-corrected chi connectivity index (χ0v) is 18.6. The lowest BCUT2D eigenvalue weighted by Crippen LogP contribution is -2.46. The number of ether oxygens (including phenoxy) is 1. The highest BCUT2D eigenvalue weighted by atomic mass is 16.5. The van der Waals surface area contributed by atoms with Crippen molar-refractivity contribution in [1.29, 1.82) is 0 Å². The summed E-state index contributed by atoms with van der Waals surface area (Å²) in [7, 11) is 0. The van der Waals surface area contributed by atoms with Crippen LogP contribution in [-0.2, 0) is 11.2 Å². The van der Waals surface area contributed by atoms with E-state index in [1.165, 1.54) is 0 Å². The number of nitrogens with two attached hydrogens (primary N) is 1. The second-order valence-electron chi connectivity index (χ2n) is 8.89. The Morgan fingerprint density at radius 3 is 2.50 bits per heavy atom. The summed E-state index contributed by atoms with van der Waals surface area (Å²) in [6.07, 6.45) is 1.40. The van der Waals surface area contributed by atoms with Crippen LogP contribution in [-0.4, -0.2) is 18.3 Å². The molecular weight excluding hydrogens is 400 g/mol. The van der Waals surface area contributed by atoms with E-state index in [1.807, 2.05) is 69.3 Å². The summed E-state index contributed by atoms with van der Waals surface area (Å²) < 4.78 is 5.74. The molecule has 32 heavy (non-hydrogen) atoms. The van der Waals surface area contributed by atoms with E-state index >= 15 is 0 Å². The molecular formula is C27H28N2O3. The lowest BCUT2D eigenvalue weighted by molar-refractivity contribution is -0.127. The Hall–Kier alpha value is -3.60. The van der Waals surface area contributed by atoms with E-state index in [2.05, 4.69) is 17.4 Å². The summed E-state index contributed by atoms with van der Waals surface area (Å²) in [5.41, 5.74) is 10.6. The van der Waals surface area contributed by atoms with Crippen LogP contribution < -0.4 is 15.8 Å². The van der Waals surface area contributed by atoms with Crippen LogP contribution in [0.1, 0.15) is 48.3 Å². The van der Waals surface area contributed by atoms with Gasteiger partial charge in [-0.15, -0.1) is 0 Å². The van der Waals surface area contributed by atoms with Crippen molar-refractivity contribution in [3.05, 3.63) is 83.4 Å². The number of benzene rings is 3. The van der Waals surface area contributed by atoms with Gasteiger partial charge in [0.15, 0.2) is 0 Å².